The van der Waals surface area contributed by atoms with Crippen molar-refractivity contribution in [1.29, 1.82) is 0 Å². The minimum atomic E-state index is -1.64. The van der Waals surface area contributed by atoms with Crippen molar-refractivity contribution in [2.24, 2.45) is 0 Å². The molecule has 0 bridgehead atoms. The maximum Gasteiger partial charge on any atom is 0.307 e. The molecule has 1 N–H and O–H groups in total. The summed E-state index contributed by atoms with van der Waals surface area (Å²) >= 11 is 0. The summed E-state index contributed by atoms with van der Waals surface area (Å²) in [4.78, 5) is 10.1. The highest BCUT2D eigenvalue weighted by molar-refractivity contribution is 5.70. The summed E-state index contributed by atoms with van der Waals surface area (Å²) in [5.41, 5.74) is -0.369. The number of carbonyl (C=O) groups is 1. The Morgan fingerprint density at radius 2 is 1.85 bits per heavy atom. The average Bonchev–Trinajstić information content (AvgIpc) is 2.06. The monoisotopic (exact) mass is 190 g/mol. The van der Waals surface area contributed by atoms with Crippen LogP contribution in [0.1, 0.15) is 5.56 Å². The molecule has 0 radical (unpaired) electrons. The van der Waals surface area contributed by atoms with Crippen molar-refractivity contribution in [3.63, 3.8) is 0 Å². The van der Waals surface area contributed by atoms with E-state index in [-0.39, 0.29) is 5.56 Å². The average molecular weight is 190 g/mol. The molecular weight excluding hydrogens is 185 g/mol. The zero-order valence-electron chi connectivity index (χ0n) is 6.35. The van der Waals surface area contributed by atoms with Crippen LogP contribution in [0.2, 0.25) is 0 Å². The first-order valence-electron chi connectivity index (χ1n) is 3.36. The number of halogens is 3. The van der Waals surface area contributed by atoms with E-state index in [1.165, 1.54) is 0 Å². The van der Waals surface area contributed by atoms with Gasteiger partial charge in [0.2, 0.25) is 0 Å². The lowest BCUT2D eigenvalue weighted by molar-refractivity contribution is -0.136. The van der Waals surface area contributed by atoms with E-state index in [0.29, 0.717) is 6.07 Å². The number of hydrogen-bond acceptors (Lipinski definition) is 1. The normalized spacial score (nSPS) is 10.1. The number of carboxylic acids is 1. The standard InChI is InChI=1S/C8H5F3O2/c9-5-2-1-4(3-6(12)13)7(10)8(5)11/h1-2H,3H2,(H,12,13). The van der Waals surface area contributed by atoms with Crippen LogP contribution in [0.4, 0.5) is 13.2 Å². The van der Waals surface area contributed by atoms with Gasteiger partial charge in [0.15, 0.2) is 17.5 Å². The summed E-state index contributed by atoms with van der Waals surface area (Å²) in [6.07, 6.45) is -0.664. The Balaban J connectivity index is 3.10. The van der Waals surface area contributed by atoms with Crippen LogP contribution in [0.15, 0.2) is 12.1 Å². The van der Waals surface area contributed by atoms with Crippen molar-refractivity contribution >= 4 is 5.97 Å². The summed E-state index contributed by atoms with van der Waals surface area (Å²) in [7, 11) is 0. The van der Waals surface area contributed by atoms with Crippen LogP contribution >= 0.6 is 0 Å². The SMILES string of the molecule is O=C(O)Cc1ccc(F)c(F)c1F. The number of aliphatic carboxylic acids is 1. The molecular formula is C8H5F3O2. The van der Waals surface area contributed by atoms with Gasteiger partial charge in [-0.1, -0.05) is 6.07 Å². The lowest BCUT2D eigenvalue weighted by Gasteiger charge is -2.00. The molecule has 0 saturated heterocycles. The summed E-state index contributed by atoms with van der Waals surface area (Å²) in [6.45, 7) is 0. The zero-order chi connectivity index (χ0) is 10.0. The maximum atomic E-state index is 12.7. The van der Waals surface area contributed by atoms with Gasteiger partial charge in [-0.2, -0.15) is 0 Å². The third kappa shape index (κ3) is 1.99. The Labute approximate surface area is 71.6 Å². The lowest BCUT2D eigenvalue weighted by atomic mass is 10.1. The molecule has 1 rings (SSSR count). The van der Waals surface area contributed by atoms with Gasteiger partial charge < -0.3 is 5.11 Å². The molecule has 0 atom stereocenters. The fraction of sp³-hybridized carbons (Fsp3) is 0.125. The van der Waals surface area contributed by atoms with E-state index < -0.39 is 29.8 Å². The molecule has 5 heteroatoms. The molecule has 0 saturated carbocycles. The molecule has 13 heavy (non-hydrogen) atoms. The summed E-state index contributed by atoms with van der Waals surface area (Å²) in [5.74, 6) is -5.71. The Morgan fingerprint density at radius 1 is 1.23 bits per heavy atom. The van der Waals surface area contributed by atoms with Gasteiger partial charge in [0, 0.05) is 5.56 Å². The van der Waals surface area contributed by atoms with Gasteiger partial charge in [0.1, 0.15) is 0 Å². The molecule has 0 aromatic heterocycles. The van der Waals surface area contributed by atoms with Crippen LogP contribution < -0.4 is 0 Å². The van der Waals surface area contributed by atoms with Gasteiger partial charge in [-0.25, -0.2) is 13.2 Å². The van der Waals surface area contributed by atoms with Gasteiger partial charge >= 0.3 is 5.97 Å². The quantitative estimate of drug-likeness (QED) is 0.721. The number of carboxylic acid groups (broad SMARTS) is 1. The van der Waals surface area contributed by atoms with Gasteiger partial charge in [-0.05, 0) is 6.07 Å². The predicted molar refractivity (Wildman–Crippen MR) is 37.7 cm³/mol. The molecule has 0 unspecified atom stereocenters. The van der Waals surface area contributed by atoms with E-state index in [9.17, 15) is 18.0 Å². The van der Waals surface area contributed by atoms with E-state index >= 15 is 0 Å². The van der Waals surface area contributed by atoms with Crippen molar-refractivity contribution in [3.05, 3.63) is 35.1 Å². The molecule has 0 heterocycles. The highest BCUT2D eigenvalue weighted by Gasteiger charge is 2.14. The van der Waals surface area contributed by atoms with Gasteiger partial charge in [-0.3, -0.25) is 4.79 Å². The van der Waals surface area contributed by atoms with Gasteiger partial charge in [0.25, 0.3) is 0 Å². The second-order valence-corrected chi connectivity index (χ2v) is 2.40. The molecule has 0 aliphatic carbocycles. The zero-order valence-corrected chi connectivity index (χ0v) is 6.35. The maximum absolute atomic E-state index is 12.7. The molecule has 1 aromatic rings. The number of rotatable bonds is 2. The minimum Gasteiger partial charge on any atom is -0.481 e. The molecule has 70 valence electrons. The fourth-order valence-corrected chi connectivity index (χ4v) is 0.865. The van der Waals surface area contributed by atoms with Crippen molar-refractivity contribution in [2.75, 3.05) is 0 Å². The first-order valence-corrected chi connectivity index (χ1v) is 3.36. The van der Waals surface area contributed by atoms with Gasteiger partial charge in [0.05, 0.1) is 6.42 Å². The van der Waals surface area contributed by atoms with Crippen LogP contribution in [0.25, 0.3) is 0 Å². The first kappa shape index (κ1) is 9.57. The largest absolute Gasteiger partial charge is 0.481 e. The molecule has 0 fully saturated rings. The Bertz CT molecular complexity index is 349. The Kier molecular flexibility index (Phi) is 2.55. The topological polar surface area (TPSA) is 37.3 Å². The van der Waals surface area contributed by atoms with E-state index in [1.807, 2.05) is 0 Å². The smallest absolute Gasteiger partial charge is 0.307 e. The highest BCUT2D eigenvalue weighted by atomic mass is 19.2. The van der Waals surface area contributed by atoms with Crippen molar-refractivity contribution in [2.45, 2.75) is 6.42 Å². The van der Waals surface area contributed by atoms with E-state index in [0.717, 1.165) is 6.07 Å². The second-order valence-electron chi connectivity index (χ2n) is 2.40. The first-order chi connectivity index (χ1) is 6.02. The molecule has 0 aliphatic rings. The van der Waals surface area contributed by atoms with Crippen molar-refractivity contribution < 1.29 is 23.1 Å². The third-order valence-corrected chi connectivity index (χ3v) is 1.46. The van der Waals surface area contributed by atoms with Crippen molar-refractivity contribution in [1.82, 2.24) is 0 Å². The second kappa shape index (κ2) is 3.47. The third-order valence-electron chi connectivity index (χ3n) is 1.46. The number of benzene rings is 1. The van der Waals surface area contributed by atoms with Crippen LogP contribution in [-0.4, -0.2) is 11.1 Å². The molecule has 0 aliphatic heterocycles. The van der Waals surface area contributed by atoms with Crippen LogP contribution in [0.5, 0.6) is 0 Å². The lowest BCUT2D eigenvalue weighted by Crippen LogP contribution is -2.05. The Hall–Kier alpha value is -1.52. The van der Waals surface area contributed by atoms with Crippen LogP contribution in [0.3, 0.4) is 0 Å². The summed E-state index contributed by atoms with van der Waals surface area (Å²) < 4.78 is 37.6. The van der Waals surface area contributed by atoms with Crippen LogP contribution in [-0.2, 0) is 11.2 Å². The number of hydrogen-bond donors (Lipinski definition) is 1. The summed E-state index contributed by atoms with van der Waals surface area (Å²) in [6, 6.07) is 1.60. The molecule has 0 amide bonds. The predicted octanol–water partition coefficient (Wildman–Crippen LogP) is 1.73. The van der Waals surface area contributed by atoms with E-state index in [4.69, 9.17) is 5.11 Å². The van der Waals surface area contributed by atoms with Crippen molar-refractivity contribution in [3.8, 4) is 0 Å². The molecule has 1 aromatic carbocycles. The Morgan fingerprint density at radius 3 is 2.38 bits per heavy atom. The molecule has 2 nitrogen and oxygen atoms in total. The van der Waals surface area contributed by atoms with E-state index in [1.54, 1.807) is 0 Å². The fourth-order valence-electron chi connectivity index (χ4n) is 0.865. The minimum absolute atomic E-state index is 0.369. The van der Waals surface area contributed by atoms with Crippen LogP contribution in [0, 0.1) is 17.5 Å². The highest BCUT2D eigenvalue weighted by Crippen LogP contribution is 2.15. The molecule has 0 spiro atoms. The van der Waals surface area contributed by atoms with Gasteiger partial charge in [-0.15, -0.1) is 0 Å². The summed E-state index contributed by atoms with van der Waals surface area (Å²) in [5, 5.41) is 8.27. The van der Waals surface area contributed by atoms with E-state index in [2.05, 4.69) is 0 Å².